The number of Topliss-reactive ketones (excluding diaryl/α,β-unsaturated/α-hetero) is 1. The van der Waals surface area contributed by atoms with E-state index in [0.717, 1.165) is 17.7 Å². The fourth-order valence-corrected chi connectivity index (χ4v) is 2.70. The fraction of sp³-hybridized carbons (Fsp3) is 0.294. The van der Waals surface area contributed by atoms with E-state index in [2.05, 4.69) is 11.1 Å². The molecule has 1 aliphatic rings. The fourth-order valence-electron chi connectivity index (χ4n) is 2.70. The second kappa shape index (κ2) is 5.87. The molecule has 3 rings (SSSR count). The first kappa shape index (κ1) is 12.9. The molecular formula is C17H17NO2. The van der Waals surface area contributed by atoms with Crippen LogP contribution in [0.25, 0.3) is 0 Å². The monoisotopic (exact) mass is 267 g/mol. The summed E-state index contributed by atoms with van der Waals surface area (Å²) in [4.78, 5) is 16.2. The molecule has 1 aromatic heterocycles. The van der Waals surface area contributed by atoms with Gasteiger partial charge in [0.15, 0.2) is 0 Å². The van der Waals surface area contributed by atoms with E-state index in [4.69, 9.17) is 4.74 Å². The third kappa shape index (κ3) is 2.87. The van der Waals surface area contributed by atoms with Crippen LogP contribution in [-0.2, 0) is 11.2 Å². The molecule has 1 atom stereocenters. The van der Waals surface area contributed by atoms with Crippen LogP contribution >= 0.6 is 0 Å². The van der Waals surface area contributed by atoms with Gasteiger partial charge in [-0.25, -0.2) is 0 Å². The maximum atomic E-state index is 12.2. The Balaban J connectivity index is 1.68. The highest BCUT2D eigenvalue weighted by Gasteiger charge is 2.23. The Labute approximate surface area is 118 Å². The highest BCUT2D eigenvalue weighted by Crippen LogP contribution is 2.35. The van der Waals surface area contributed by atoms with Crippen molar-refractivity contribution in [2.24, 2.45) is 0 Å². The lowest BCUT2D eigenvalue weighted by molar-refractivity contribution is -0.118. The molecule has 0 spiro atoms. The summed E-state index contributed by atoms with van der Waals surface area (Å²) in [5, 5.41) is 0. The van der Waals surface area contributed by atoms with Gasteiger partial charge < -0.3 is 4.74 Å². The lowest BCUT2D eigenvalue weighted by Crippen LogP contribution is -2.17. The van der Waals surface area contributed by atoms with Gasteiger partial charge in [-0.2, -0.15) is 0 Å². The first-order valence-electron chi connectivity index (χ1n) is 6.95. The van der Waals surface area contributed by atoms with Crippen molar-refractivity contribution in [1.82, 2.24) is 4.98 Å². The van der Waals surface area contributed by atoms with E-state index in [-0.39, 0.29) is 11.7 Å². The number of benzene rings is 1. The Morgan fingerprint density at radius 1 is 1.20 bits per heavy atom. The van der Waals surface area contributed by atoms with Crippen molar-refractivity contribution >= 4 is 5.78 Å². The molecule has 1 aromatic carbocycles. The molecule has 2 heterocycles. The van der Waals surface area contributed by atoms with E-state index in [1.807, 2.05) is 30.3 Å². The number of pyridine rings is 1. The minimum Gasteiger partial charge on any atom is -0.493 e. The molecule has 3 heteroatoms. The smallest absolute Gasteiger partial charge is 0.137 e. The number of para-hydroxylation sites is 1. The second-order valence-electron chi connectivity index (χ2n) is 5.15. The van der Waals surface area contributed by atoms with Crippen molar-refractivity contribution in [1.29, 1.82) is 0 Å². The molecule has 1 unspecified atom stereocenters. The molecule has 1 aliphatic heterocycles. The van der Waals surface area contributed by atoms with Crippen LogP contribution < -0.4 is 4.74 Å². The first-order chi connectivity index (χ1) is 9.83. The van der Waals surface area contributed by atoms with Crippen LogP contribution in [0.1, 0.15) is 29.9 Å². The minimum absolute atomic E-state index is 0.276. The quantitative estimate of drug-likeness (QED) is 0.854. The Morgan fingerprint density at radius 3 is 2.85 bits per heavy atom. The second-order valence-corrected chi connectivity index (χ2v) is 5.15. The molecule has 0 aliphatic carbocycles. The Morgan fingerprint density at radius 2 is 2.00 bits per heavy atom. The minimum atomic E-state index is 0.276. The van der Waals surface area contributed by atoms with Crippen LogP contribution in [0.4, 0.5) is 0 Å². The zero-order valence-electron chi connectivity index (χ0n) is 11.3. The van der Waals surface area contributed by atoms with Crippen LogP contribution in [-0.4, -0.2) is 17.4 Å². The zero-order valence-corrected chi connectivity index (χ0v) is 11.3. The van der Waals surface area contributed by atoms with Gasteiger partial charge in [0.05, 0.1) is 6.61 Å². The van der Waals surface area contributed by atoms with E-state index in [9.17, 15) is 4.79 Å². The normalized spacial score (nSPS) is 17.1. The van der Waals surface area contributed by atoms with Gasteiger partial charge in [-0.3, -0.25) is 9.78 Å². The van der Waals surface area contributed by atoms with E-state index in [0.29, 0.717) is 19.4 Å². The summed E-state index contributed by atoms with van der Waals surface area (Å²) < 4.78 is 5.63. The standard InChI is InChI=1S/C17H17NO2/c19-15(11-13-5-8-18-9-6-13)12-14-7-10-20-17-4-2-1-3-16(14)17/h1-6,8-9,14H,7,10-12H2. The first-order valence-corrected chi connectivity index (χ1v) is 6.95. The number of carbonyl (C=O) groups is 1. The highest BCUT2D eigenvalue weighted by molar-refractivity contribution is 5.81. The van der Waals surface area contributed by atoms with E-state index in [1.165, 1.54) is 5.56 Å². The molecule has 2 aromatic rings. The van der Waals surface area contributed by atoms with Gasteiger partial charge >= 0.3 is 0 Å². The van der Waals surface area contributed by atoms with Gasteiger partial charge in [0, 0.05) is 25.2 Å². The molecule has 0 radical (unpaired) electrons. The number of ketones is 1. The number of aromatic nitrogens is 1. The SMILES string of the molecule is O=C(Cc1ccncc1)CC1CCOc2ccccc21. The van der Waals surface area contributed by atoms with Crippen molar-refractivity contribution < 1.29 is 9.53 Å². The maximum absolute atomic E-state index is 12.2. The largest absolute Gasteiger partial charge is 0.493 e. The van der Waals surface area contributed by atoms with E-state index < -0.39 is 0 Å². The van der Waals surface area contributed by atoms with E-state index >= 15 is 0 Å². The molecule has 0 bridgehead atoms. The van der Waals surface area contributed by atoms with Gasteiger partial charge in [0.25, 0.3) is 0 Å². The van der Waals surface area contributed by atoms with Gasteiger partial charge in [-0.1, -0.05) is 18.2 Å². The van der Waals surface area contributed by atoms with Crippen molar-refractivity contribution in [3.05, 3.63) is 59.9 Å². The Bertz CT molecular complexity index is 595. The predicted octanol–water partition coefficient (Wildman–Crippen LogP) is 3.15. The van der Waals surface area contributed by atoms with Gasteiger partial charge in [-0.15, -0.1) is 0 Å². The highest BCUT2D eigenvalue weighted by atomic mass is 16.5. The van der Waals surface area contributed by atoms with Crippen LogP contribution in [0.15, 0.2) is 48.8 Å². The lowest BCUT2D eigenvalue weighted by Gasteiger charge is -2.25. The number of carbonyl (C=O) groups excluding carboxylic acids is 1. The maximum Gasteiger partial charge on any atom is 0.137 e. The average Bonchev–Trinajstić information content (AvgIpc) is 2.48. The summed E-state index contributed by atoms with van der Waals surface area (Å²) in [6.45, 7) is 0.699. The third-order valence-electron chi connectivity index (χ3n) is 3.71. The van der Waals surface area contributed by atoms with Gasteiger partial charge in [0.1, 0.15) is 11.5 Å². The summed E-state index contributed by atoms with van der Waals surface area (Å²) in [5.41, 5.74) is 2.20. The van der Waals surface area contributed by atoms with Crippen molar-refractivity contribution in [2.45, 2.75) is 25.2 Å². The summed E-state index contributed by atoms with van der Waals surface area (Å²) in [7, 11) is 0. The summed E-state index contributed by atoms with van der Waals surface area (Å²) in [6.07, 6.45) is 5.45. The van der Waals surface area contributed by atoms with Gasteiger partial charge in [0.2, 0.25) is 0 Å². The Kier molecular flexibility index (Phi) is 3.77. The molecule has 0 saturated carbocycles. The van der Waals surface area contributed by atoms with Crippen molar-refractivity contribution in [2.75, 3.05) is 6.61 Å². The molecule has 102 valence electrons. The molecule has 0 N–H and O–H groups in total. The van der Waals surface area contributed by atoms with Crippen LogP contribution in [0.5, 0.6) is 5.75 Å². The number of ether oxygens (including phenoxy) is 1. The molecule has 20 heavy (non-hydrogen) atoms. The molecule has 0 saturated heterocycles. The van der Waals surface area contributed by atoms with E-state index in [1.54, 1.807) is 12.4 Å². The van der Waals surface area contributed by atoms with Crippen LogP contribution in [0.3, 0.4) is 0 Å². The molecular weight excluding hydrogens is 250 g/mol. The summed E-state index contributed by atoms with van der Waals surface area (Å²) in [6, 6.07) is 11.8. The lowest BCUT2D eigenvalue weighted by atomic mass is 9.87. The zero-order chi connectivity index (χ0) is 13.8. The third-order valence-corrected chi connectivity index (χ3v) is 3.71. The van der Waals surface area contributed by atoms with Crippen molar-refractivity contribution in [3.8, 4) is 5.75 Å². The van der Waals surface area contributed by atoms with Crippen molar-refractivity contribution in [3.63, 3.8) is 0 Å². The summed E-state index contributed by atoms with van der Waals surface area (Å²) in [5.74, 6) is 1.49. The predicted molar refractivity (Wildman–Crippen MR) is 76.9 cm³/mol. The molecule has 3 nitrogen and oxygen atoms in total. The van der Waals surface area contributed by atoms with Crippen LogP contribution in [0.2, 0.25) is 0 Å². The number of nitrogens with zero attached hydrogens (tertiary/aromatic N) is 1. The number of hydrogen-bond donors (Lipinski definition) is 0. The number of fused-ring (bicyclic) bond motifs is 1. The van der Waals surface area contributed by atoms with Crippen LogP contribution in [0, 0.1) is 0 Å². The summed E-state index contributed by atoms with van der Waals surface area (Å²) >= 11 is 0. The Hall–Kier alpha value is -2.16. The van der Waals surface area contributed by atoms with Gasteiger partial charge in [-0.05, 0) is 41.7 Å². The molecule has 0 amide bonds. The number of rotatable bonds is 4. The number of hydrogen-bond acceptors (Lipinski definition) is 3. The molecule has 0 fully saturated rings. The topological polar surface area (TPSA) is 39.2 Å². The average molecular weight is 267 g/mol.